The molecule has 0 heterocycles. The minimum absolute atomic E-state index is 0.0284. The second-order valence-electron chi connectivity index (χ2n) is 8.79. The highest BCUT2D eigenvalue weighted by atomic mass is 19.4. The van der Waals surface area contributed by atoms with Crippen molar-refractivity contribution in [3.8, 4) is 41.2 Å². The first-order valence-electron chi connectivity index (χ1n) is 11.4. The molecule has 41 heavy (non-hydrogen) atoms. The van der Waals surface area contributed by atoms with Gasteiger partial charge in [-0.2, -0.15) is 21.0 Å². The van der Waals surface area contributed by atoms with E-state index < -0.39 is 41.2 Å². The predicted molar refractivity (Wildman–Crippen MR) is 125 cm³/mol. The van der Waals surface area contributed by atoms with E-state index in [0.29, 0.717) is 0 Å². The van der Waals surface area contributed by atoms with Crippen LogP contribution in [0.25, 0.3) is 27.8 Å². The zero-order valence-electron chi connectivity index (χ0n) is 20.1. The quantitative estimate of drug-likeness (QED) is 0.237. The molecule has 0 aromatic heterocycles. The number of hydrogen-bond donors (Lipinski definition) is 0. The molecule has 202 valence electrons. The Morgan fingerprint density at radius 2 is 1.27 bits per heavy atom. The third-order valence-electron chi connectivity index (χ3n) is 6.59. The smallest absolute Gasteiger partial charge is 0.410 e. The summed E-state index contributed by atoms with van der Waals surface area (Å²) in [7, 11) is 0. The van der Waals surface area contributed by atoms with Crippen molar-refractivity contribution in [1.29, 1.82) is 21.0 Å². The van der Waals surface area contributed by atoms with Crippen LogP contribution >= 0.6 is 0 Å². The number of nitrogens with zero attached hydrogens (tertiary/aromatic N) is 4. The Labute approximate surface area is 226 Å². The molecule has 0 spiro atoms. The van der Waals surface area contributed by atoms with E-state index in [1.54, 1.807) is 24.3 Å². The summed E-state index contributed by atoms with van der Waals surface area (Å²) in [6.45, 7) is 0. The molecule has 6 nitrogen and oxygen atoms in total. The van der Waals surface area contributed by atoms with Crippen molar-refractivity contribution in [2.45, 2.75) is 25.6 Å². The molecule has 3 aliphatic rings. The zero-order valence-corrected chi connectivity index (χ0v) is 20.1. The minimum Gasteiger partial charge on any atom is -0.410 e. The first-order valence-corrected chi connectivity index (χ1v) is 11.4. The summed E-state index contributed by atoms with van der Waals surface area (Å²) in [6.07, 6.45) is -9.57. The second-order valence-corrected chi connectivity index (χ2v) is 8.79. The van der Waals surface area contributed by atoms with E-state index in [4.69, 9.17) is 0 Å². The molecule has 2 aromatic rings. The van der Waals surface area contributed by atoms with E-state index >= 15 is 4.39 Å². The Bertz CT molecular complexity index is 1830. The molecule has 0 bridgehead atoms. The van der Waals surface area contributed by atoms with Gasteiger partial charge in [0.05, 0.1) is 0 Å². The van der Waals surface area contributed by atoms with E-state index in [9.17, 15) is 47.4 Å². The van der Waals surface area contributed by atoms with Crippen molar-refractivity contribution < 1.29 is 40.2 Å². The fourth-order valence-electron chi connectivity index (χ4n) is 5.27. The highest BCUT2D eigenvalue weighted by Gasteiger charge is 2.41. The average Bonchev–Trinajstić information content (AvgIpc) is 3.37. The molecule has 0 radical (unpaired) electrons. The van der Waals surface area contributed by atoms with E-state index in [1.165, 1.54) is 6.07 Å². The number of fused-ring (bicyclic) bond motifs is 5. The Morgan fingerprint density at radius 3 is 1.85 bits per heavy atom. The Balaban J connectivity index is 1.84. The van der Waals surface area contributed by atoms with Gasteiger partial charge in [0.1, 0.15) is 52.7 Å². The number of hydrogen-bond acceptors (Lipinski definition) is 6. The fourth-order valence-corrected chi connectivity index (χ4v) is 5.27. The van der Waals surface area contributed by atoms with Gasteiger partial charge in [0.25, 0.3) is 0 Å². The molecule has 5 rings (SSSR count). The van der Waals surface area contributed by atoms with Crippen LogP contribution in [0.3, 0.4) is 0 Å². The van der Waals surface area contributed by atoms with Crippen LogP contribution in [-0.4, -0.2) is 12.7 Å². The molecule has 0 aliphatic heterocycles. The number of allylic oxidation sites excluding steroid dienone is 7. The standard InChI is InChI=1S/C28H9F7N4O2/c29-26-24-16-3-1-14(40-27(30,31)32)5-18(16)22(12(8-36)9-37)20(24)7-21-23(13(10-38)11-39)19-6-15(41-28(33,34)35)2-4-17(19)25(21)26/h1,3,5-7H,2,4H2. The maximum atomic E-state index is 16.5. The number of alkyl halides is 6. The first kappa shape index (κ1) is 27.1. The van der Waals surface area contributed by atoms with Crippen LogP contribution in [0.4, 0.5) is 30.7 Å². The van der Waals surface area contributed by atoms with Gasteiger partial charge < -0.3 is 9.47 Å². The van der Waals surface area contributed by atoms with E-state index in [-0.39, 0.29) is 68.5 Å². The average molecular weight is 566 g/mol. The topological polar surface area (TPSA) is 114 Å². The highest BCUT2D eigenvalue weighted by molar-refractivity contribution is 6.11. The van der Waals surface area contributed by atoms with E-state index in [2.05, 4.69) is 9.47 Å². The van der Waals surface area contributed by atoms with Gasteiger partial charge in [-0.15, -0.1) is 26.3 Å². The Morgan fingerprint density at radius 1 is 0.683 bits per heavy atom. The summed E-state index contributed by atoms with van der Waals surface area (Å²) in [5.74, 6) is -2.18. The van der Waals surface area contributed by atoms with Crippen molar-refractivity contribution >= 4 is 16.7 Å². The third kappa shape index (κ3) is 4.44. The molecular weight excluding hydrogens is 557 g/mol. The van der Waals surface area contributed by atoms with Gasteiger partial charge in [-0.3, -0.25) is 0 Å². The van der Waals surface area contributed by atoms with Gasteiger partial charge in [-0.05, 0) is 70.2 Å². The SMILES string of the molecule is N#CC(C#N)=C1C2=C(CCC(OC(F)(F)F)=C2)c2c1cc1c(c2F)-c2ccc(OC(F)(F)F)cc2C1=C(C#N)C#N. The molecule has 2 aromatic carbocycles. The monoisotopic (exact) mass is 566 g/mol. The molecule has 0 amide bonds. The first-order chi connectivity index (χ1) is 19.3. The molecule has 13 heteroatoms. The van der Waals surface area contributed by atoms with Crippen LogP contribution in [0.15, 0.2) is 52.8 Å². The van der Waals surface area contributed by atoms with Crippen molar-refractivity contribution in [3.63, 3.8) is 0 Å². The fraction of sp³-hybridized carbons (Fsp3) is 0.143. The van der Waals surface area contributed by atoms with E-state index in [0.717, 1.165) is 24.3 Å². The third-order valence-corrected chi connectivity index (χ3v) is 6.59. The van der Waals surface area contributed by atoms with Crippen molar-refractivity contribution in [2.24, 2.45) is 0 Å². The Kier molecular flexibility index (Phi) is 6.13. The summed E-state index contributed by atoms with van der Waals surface area (Å²) >= 11 is 0. The van der Waals surface area contributed by atoms with Gasteiger partial charge in [-0.1, -0.05) is 0 Å². The molecule has 0 unspecified atom stereocenters. The minimum atomic E-state index is -5.07. The lowest BCUT2D eigenvalue weighted by molar-refractivity contribution is -0.306. The lowest BCUT2D eigenvalue weighted by Gasteiger charge is -2.18. The maximum Gasteiger partial charge on any atom is 0.573 e. The van der Waals surface area contributed by atoms with Crippen molar-refractivity contribution in [1.82, 2.24) is 0 Å². The number of ether oxygens (including phenoxy) is 2. The largest absolute Gasteiger partial charge is 0.573 e. The van der Waals surface area contributed by atoms with Crippen molar-refractivity contribution in [3.05, 3.63) is 80.9 Å². The summed E-state index contributed by atoms with van der Waals surface area (Å²) < 4.78 is 102. The molecule has 0 saturated carbocycles. The summed E-state index contributed by atoms with van der Waals surface area (Å²) in [5, 5.41) is 38.5. The second kappa shape index (κ2) is 9.29. The number of nitriles is 4. The molecule has 0 saturated heterocycles. The zero-order chi connectivity index (χ0) is 29.9. The molecule has 0 fully saturated rings. The maximum absolute atomic E-state index is 16.5. The number of halogens is 7. The van der Waals surface area contributed by atoms with Crippen LogP contribution < -0.4 is 4.74 Å². The van der Waals surface area contributed by atoms with Gasteiger partial charge in [-0.25, -0.2) is 4.39 Å². The molecular formula is C28H9F7N4O2. The van der Waals surface area contributed by atoms with Gasteiger partial charge in [0, 0.05) is 28.7 Å². The van der Waals surface area contributed by atoms with Gasteiger partial charge >= 0.3 is 12.7 Å². The molecule has 0 atom stereocenters. The van der Waals surface area contributed by atoms with Crippen LogP contribution in [0.2, 0.25) is 0 Å². The number of rotatable bonds is 2. The normalized spacial score (nSPS) is 14.9. The van der Waals surface area contributed by atoms with Crippen molar-refractivity contribution in [2.75, 3.05) is 0 Å². The van der Waals surface area contributed by atoms with Gasteiger partial charge in [0.15, 0.2) is 0 Å². The van der Waals surface area contributed by atoms with Crippen LogP contribution in [0.1, 0.15) is 35.1 Å². The number of benzene rings is 2. The Hall–Kier alpha value is -5.53. The van der Waals surface area contributed by atoms with Crippen LogP contribution in [0.5, 0.6) is 5.75 Å². The molecule has 0 N–H and O–H groups in total. The van der Waals surface area contributed by atoms with Gasteiger partial charge in [0.2, 0.25) is 0 Å². The van der Waals surface area contributed by atoms with Crippen LogP contribution in [0, 0.1) is 51.1 Å². The predicted octanol–water partition coefficient (Wildman–Crippen LogP) is 7.34. The summed E-state index contributed by atoms with van der Waals surface area (Å²) in [5.41, 5.74) is -1.92. The molecule has 3 aliphatic carbocycles. The lowest BCUT2D eigenvalue weighted by Crippen LogP contribution is -2.17. The lowest BCUT2D eigenvalue weighted by atomic mass is 9.91. The summed E-state index contributed by atoms with van der Waals surface area (Å²) in [6, 6.07) is 10.8. The summed E-state index contributed by atoms with van der Waals surface area (Å²) in [4.78, 5) is 0. The van der Waals surface area contributed by atoms with Crippen LogP contribution in [-0.2, 0) is 4.74 Å². The van der Waals surface area contributed by atoms with E-state index in [1.807, 2.05) is 0 Å². The highest BCUT2D eigenvalue weighted by Crippen LogP contribution is 2.56.